The van der Waals surface area contributed by atoms with Gasteiger partial charge in [0.2, 0.25) is 11.8 Å². The molecular formula is C20H20F2N6O3. The van der Waals surface area contributed by atoms with Crippen LogP contribution in [0.4, 0.5) is 8.78 Å². The van der Waals surface area contributed by atoms with Crippen LogP contribution in [0.15, 0.2) is 34.9 Å². The summed E-state index contributed by atoms with van der Waals surface area (Å²) in [4.78, 5) is 27.3. The quantitative estimate of drug-likeness (QED) is 0.561. The van der Waals surface area contributed by atoms with Crippen LogP contribution in [0.2, 0.25) is 0 Å². The van der Waals surface area contributed by atoms with Crippen LogP contribution in [0, 0.1) is 6.92 Å². The Labute approximate surface area is 175 Å². The van der Waals surface area contributed by atoms with Gasteiger partial charge in [-0.2, -0.15) is 10.1 Å². The second-order valence-corrected chi connectivity index (χ2v) is 7.48. The molecule has 1 fully saturated rings. The van der Waals surface area contributed by atoms with Gasteiger partial charge in [0.05, 0.1) is 12.0 Å². The predicted molar refractivity (Wildman–Crippen MR) is 104 cm³/mol. The Morgan fingerprint density at radius 2 is 2.06 bits per heavy atom. The Kier molecular flexibility index (Phi) is 5.25. The molecule has 2 heterocycles. The van der Waals surface area contributed by atoms with Crippen molar-refractivity contribution in [2.75, 3.05) is 6.54 Å². The molecule has 162 valence electrons. The zero-order chi connectivity index (χ0) is 22.2. The van der Waals surface area contributed by atoms with Gasteiger partial charge in [-0.25, -0.2) is 13.5 Å². The molecule has 1 aromatic carbocycles. The molecule has 0 aliphatic heterocycles. The molecule has 1 aliphatic rings. The van der Waals surface area contributed by atoms with Gasteiger partial charge in [-0.1, -0.05) is 29.4 Å². The fourth-order valence-electron chi connectivity index (χ4n) is 3.58. The molecular weight excluding hydrogens is 410 g/mol. The summed E-state index contributed by atoms with van der Waals surface area (Å²) in [5.74, 6) is -0.907. The summed E-state index contributed by atoms with van der Waals surface area (Å²) in [6.45, 7) is 1.21. The second kappa shape index (κ2) is 7.89. The van der Waals surface area contributed by atoms with Crippen molar-refractivity contribution in [3.63, 3.8) is 0 Å². The number of hydrogen-bond donors (Lipinski definition) is 2. The lowest BCUT2D eigenvalue weighted by atomic mass is 9.91. The predicted octanol–water partition coefficient (Wildman–Crippen LogP) is 1.86. The molecule has 0 radical (unpaired) electrons. The third-order valence-corrected chi connectivity index (χ3v) is 5.26. The Bertz CT molecular complexity index is 1140. The lowest BCUT2D eigenvalue weighted by Gasteiger charge is -2.13. The van der Waals surface area contributed by atoms with Crippen LogP contribution in [0.3, 0.4) is 0 Å². The molecule has 0 atom stereocenters. The normalized spacial score (nSPS) is 14.6. The zero-order valence-corrected chi connectivity index (χ0v) is 16.6. The van der Waals surface area contributed by atoms with E-state index < -0.39 is 30.5 Å². The Hall–Kier alpha value is -3.63. The maximum absolute atomic E-state index is 13.2. The minimum absolute atomic E-state index is 0.0167. The fourth-order valence-corrected chi connectivity index (χ4v) is 3.58. The topological polar surface area (TPSA) is 129 Å². The summed E-state index contributed by atoms with van der Waals surface area (Å²) < 4.78 is 32.9. The summed E-state index contributed by atoms with van der Waals surface area (Å²) in [5, 5.41) is 10.2. The summed E-state index contributed by atoms with van der Waals surface area (Å²) in [6, 6.07) is 9.02. The molecule has 0 saturated heterocycles. The van der Waals surface area contributed by atoms with Crippen LogP contribution in [0.25, 0.3) is 11.6 Å². The van der Waals surface area contributed by atoms with Gasteiger partial charge in [0.1, 0.15) is 17.9 Å². The minimum atomic E-state index is -2.85. The van der Waals surface area contributed by atoms with Crippen molar-refractivity contribution in [2.45, 2.75) is 38.2 Å². The number of aryl methyl sites for hydroxylation is 1. The van der Waals surface area contributed by atoms with Crippen molar-refractivity contribution in [1.82, 2.24) is 25.2 Å². The van der Waals surface area contributed by atoms with E-state index in [4.69, 9.17) is 10.3 Å². The van der Waals surface area contributed by atoms with Crippen molar-refractivity contribution < 1.29 is 22.9 Å². The number of aromatic nitrogens is 4. The van der Waals surface area contributed by atoms with E-state index in [9.17, 15) is 18.4 Å². The Balaban J connectivity index is 1.65. The highest BCUT2D eigenvalue weighted by Gasteiger charge is 2.50. The number of rotatable bonds is 8. The molecule has 0 spiro atoms. The molecule has 31 heavy (non-hydrogen) atoms. The van der Waals surface area contributed by atoms with Gasteiger partial charge in [-0.3, -0.25) is 9.59 Å². The van der Waals surface area contributed by atoms with Gasteiger partial charge < -0.3 is 15.6 Å². The standard InChI is InChI=1S/C20H20F2N6O3/c1-11-4-2-3-5-12(11)20(6-7-20)19-25-18(31-27-19)14-8-13(17(21)22)26-28(14)10-16(30)24-9-15(23)29/h2-5,8,17H,6-7,9-10H2,1H3,(H2,23,29)(H,24,30). The number of halogens is 2. The maximum atomic E-state index is 13.2. The van der Waals surface area contributed by atoms with Crippen molar-refractivity contribution in [3.05, 3.63) is 53.0 Å². The highest BCUT2D eigenvalue weighted by atomic mass is 19.3. The number of hydrogen-bond acceptors (Lipinski definition) is 6. The lowest BCUT2D eigenvalue weighted by molar-refractivity contribution is -0.125. The largest absolute Gasteiger partial charge is 0.368 e. The van der Waals surface area contributed by atoms with E-state index in [2.05, 4.69) is 20.6 Å². The first kappa shape index (κ1) is 20.6. The first-order valence-electron chi connectivity index (χ1n) is 9.62. The number of alkyl halides is 2. The highest BCUT2D eigenvalue weighted by Crippen LogP contribution is 2.53. The first-order chi connectivity index (χ1) is 14.8. The number of nitrogens with one attached hydrogen (secondary N) is 1. The van der Waals surface area contributed by atoms with Crippen molar-refractivity contribution in [2.24, 2.45) is 5.73 Å². The molecule has 3 N–H and O–H groups in total. The van der Waals surface area contributed by atoms with E-state index in [1.807, 2.05) is 31.2 Å². The number of primary amides is 1. The number of nitrogens with two attached hydrogens (primary N) is 1. The number of amides is 2. The number of carbonyl (C=O) groups is 2. The van der Waals surface area contributed by atoms with E-state index in [-0.39, 0.29) is 23.5 Å². The average molecular weight is 430 g/mol. The summed E-state index contributed by atoms with van der Waals surface area (Å²) in [7, 11) is 0. The second-order valence-electron chi connectivity index (χ2n) is 7.48. The Morgan fingerprint density at radius 1 is 1.32 bits per heavy atom. The van der Waals surface area contributed by atoms with E-state index in [1.54, 1.807) is 0 Å². The van der Waals surface area contributed by atoms with E-state index in [1.165, 1.54) is 0 Å². The first-order valence-corrected chi connectivity index (χ1v) is 9.62. The zero-order valence-electron chi connectivity index (χ0n) is 16.6. The van der Waals surface area contributed by atoms with Gasteiger partial charge in [0.25, 0.3) is 12.3 Å². The fraction of sp³-hybridized carbons (Fsp3) is 0.350. The van der Waals surface area contributed by atoms with Crippen molar-refractivity contribution in [3.8, 4) is 11.6 Å². The summed E-state index contributed by atoms with van der Waals surface area (Å²) >= 11 is 0. The van der Waals surface area contributed by atoms with E-state index >= 15 is 0 Å². The molecule has 11 heteroatoms. The third-order valence-electron chi connectivity index (χ3n) is 5.26. The van der Waals surface area contributed by atoms with Crippen LogP contribution in [0.1, 0.15) is 41.9 Å². The highest BCUT2D eigenvalue weighted by molar-refractivity contribution is 5.83. The van der Waals surface area contributed by atoms with Crippen LogP contribution in [-0.2, 0) is 21.5 Å². The summed E-state index contributed by atoms with van der Waals surface area (Å²) in [6.07, 6.45) is -1.17. The van der Waals surface area contributed by atoms with Gasteiger partial charge >= 0.3 is 0 Å². The van der Waals surface area contributed by atoms with Crippen LogP contribution in [0.5, 0.6) is 0 Å². The van der Waals surface area contributed by atoms with Crippen molar-refractivity contribution >= 4 is 11.8 Å². The molecule has 2 aromatic heterocycles. The molecule has 3 aromatic rings. The SMILES string of the molecule is Cc1ccccc1C1(c2noc(-c3cc(C(F)F)nn3CC(=O)NCC(N)=O)n2)CC1. The molecule has 1 aliphatic carbocycles. The number of carbonyl (C=O) groups excluding carboxylic acids is 2. The lowest BCUT2D eigenvalue weighted by Crippen LogP contribution is -2.35. The summed E-state index contributed by atoms with van der Waals surface area (Å²) in [5.41, 5.74) is 6.37. The molecule has 4 rings (SSSR count). The van der Waals surface area contributed by atoms with E-state index in [0.29, 0.717) is 5.82 Å². The molecule has 0 unspecified atom stereocenters. The Morgan fingerprint density at radius 3 is 2.71 bits per heavy atom. The van der Waals surface area contributed by atoms with Crippen molar-refractivity contribution in [1.29, 1.82) is 0 Å². The third kappa shape index (κ3) is 4.03. The van der Waals surface area contributed by atoms with Gasteiger partial charge in [-0.15, -0.1) is 0 Å². The minimum Gasteiger partial charge on any atom is -0.368 e. The van der Waals surface area contributed by atoms with Crippen LogP contribution >= 0.6 is 0 Å². The molecule has 1 saturated carbocycles. The van der Waals surface area contributed by atoms with E-state index in [0.717, 1.165) is 34.7 Å². The number of nitrogens with zero attached hydrogens (tertiary/aromatic N) is 4. The smallest absolute Gasteiger partial charge is 0.282 e. The van der Waals surface area contributed by atoms with Gasteiger partial charge in [0, 0.05) is 0 Å². The maximum Gasteiger partial charge on any atom is 0.282 e. The van der Waals surface area contributed by atoms with Gasteiger partial charge in [0.15, 0.2) is 5.82 Å². The molecule has 9 nitrogen and oxygen atoms in total. The van der Waals surface area contributed by atoms with Crippen LogP contribution in [-0.4, -0.2) is 38.3 Å². The monoisotopic (exact) mass is 430 g/mol. The number of benzene rings is 1. The average Bonchev–Trinajstić information content (AvgIpc) is 3.18. The van der Waals surface area contributed by atoms with Crippen LogP contribution < -0.4 is 11.1 Å². The molecule has 0 bridgehead atoms. The van der Waals surface area contributed by atoms with Gasteiger partial charge in [-0.05, 0) is 37.0 Å². The molecule has 2 amide bonds.